The molecule has 1 aromatic rings. The van der Waals surface area contributed by atoms with Crippen LogP contribution in [0, 0.1) is 5.92 Å². The second kappa shape index (κ2) is 8.14. The van der Waals surface area contributed by atoms with Crippen molar-refractivity contribution in [2.24, 2.45) is 5.92 Å². The number of carbonyl (C=O) groups is 1. The van der Waals surface area contributed by atoms with Crippen LogP contribution < -0.4 is 0 Å². The van der Waals surface area contributed by atoms with E-state index < -0.39 is 0 Å². The van der Waals surface area contributed by atoms with E-state index in [4.69, 9.17) is 0 Å². The summed E-state index contributed by atoms with van der Waals surface area (Å²) in [5.41, 5.74) is 0. The maximum absolute atomic E-state index is 12.7. The minimum atomic E-state index is 0.250. The van der Waals surface area contributed by atoms with Crippen molar-refractivity contribution in [3.63, 3.8) is 0 Å². The Morgan fingerprint density at radius 2 is 1.88 bits per heavy atom. The predicted molar refractivity (Wildman–Crippen MR) is 101 cm³/mol. The number of hydrogen-bond acceptors (Lipinski definition) is 5. The molecular formula is C19H30N4OS. The van der Waals surface area contributed by atoms with Gasteiger partial charge < -0.3 is 4.90 Å². The number of amides is 1. The molecule has 0 bridgehead atoms. The van der Waals surface area contributed by atoms with Crippen LogP contribution in [-0.2, 0) is 11.3 Å². The van der Waals surface area contributed by atoms with Crippen molar-refractivity contribution in [2.45, 2.75) is 51.1 Å². The average molecular weight is 363 g/mol. The van der Waals surface area contributed by atoms with Gasteiger partial charge in [-0.15, -0.1) is 11.3 Å². The molecule has 4 heterocycles. The predicted octanol–water partition coefficient (Wildman–Crippen LogP) is 2.44. The summed E-state index contributed by atoms with van der Waals surface area (Å²) < 4.78 is 0. The lowest BCUT2D eigenvalue weighted by molar-refractivity contribution is -0.136. The summed E-state index contributed by atoms with van der Waals surface area (Å²) in [6.45, 7) is 7.47. The summed E-state index contributed by atoms with van der Waals surface area (Å²) >= 11 is 1.76. The average Bonchev–Trinajstić information content (AvgIpc) is 3.36. The molecule has 3 saturated heterocycles. The number of aromatic nitrogens is 1. The van der Waals surface area contributed by atoms with Crippen molar-refractivity contribution >= 4 is 17.2 Å². The second-order valence-electron chi connectivity index (χ2n) is 7.80. The van der Waals surface area contributed by atoms with E-state index in [1.807, 2.05) is 6.20 Å². The van der Waals surface area contributed by atoms with Gasteiger partial charge in [0.15, 0.2) is 0 Å². The number of rotatable bonds is 4. The van der Waals surface area contributed by atoms with Crippen LogP contribution in [0.2, 0.25) is 0 Å². The minimum absolute atomic E-state index is 0.250. The summed E-state index contributed by atoms with van der Waals surface area (Å²) in [4.78, 5) is 24.4. The molecule has 0 saturated carbocycles. The van der Waals surface area contributed by atoms with Gasteiger partial charge in [0.05, 0.1) is 12.5 Å². The van der Waals surface area contributed by atoms with Crippen LogP contribution in [0.3, 0.4) is 0 Å². The molecule has 6 heteroatoms. The molecule has 0 radical (unpaired) electrons. The fourth-order valence-electron chi connectivity index (χ4n) is 4.70. The molecule has 138 valence electrons. The molecule has 3 aliphatic rings. The first-order valence-electron chi connectivity index (χ1n) is 9.93. The summed E-state index contributed by atoms with van der Waals surface area (Å²) in [5.74, 6) is 0.684. The van der Waals surface area contributed by atoms with Crippen molar-refractivity contribution in [3.05, 3.63) is 16.6 Å². The third-order valence-electron chi connectivity index (χ3n) is 6.14. The Labute approximate surface area is 155 Å². The van der Waals surface area contributed by atoms with E-state index in [1.165, 1.54) is 43.7 Å². The Morgan fingerprint density at radius 3 is 2.60 bits per heavy atom. The molecule has 0 aliphatic carbocycles. The number of likely N-dealkylation sites (tertiary alicyclic amines) is 3. The van der Waals surface area contributed by atoms with E-state index in [0.717, 1.165) is 45.7 Å². The summed E-state index contributed by atoms with van der Waals surface area (Å²) in [6.07, 6.45) is 9.03. The van der Waals surface area contributed by atoms with Crippen LogP contribution in [-0.4, -0.2) is 70.9 Å². The van der Waals surface area contributed by atoms with Crippen LogP contribution in [0.1, 0.15) is 43.5 Å². The largest absolute Gasteiger partial charge is 0.342 e. The van der Waals surface area contributed by atoms with Crippen molar-refractivity contribution in [2.75, 3.05) is 39.3 Å². The van der Waals surface area contributed by atoms with Crippen LogP contribution in [0.4, 0.5) is 0 Å². The molecule has 3 aliphatic heterocycles. The third-order valence-corrected chi connectivity index (χ3v) is 6.90. The van der Waals surface area contributed by atoms with Crippen LogP contribution in [0.5, 0.6) is 0 Å². The number of carbonyl (C=O) groups excluding carboxylic acids is 1. The molecule has 3 fully saturated rings. The lowest BCUT2D eigenvalue weighted by atomic mass is 9.93. The molecule has 5 nitrogen and oxygen atoms in total. The molecule has 0 aromatic carbocycles. The van der Waals surface area contributed by atoms with Gasteiger partial charge in [-0.2, -0.15) is 0 Å². The van der Waals surface area contributed by atoms with Crippen molar-refractivity contribution in [1.82, 2.24) is 19.7 Å². The Morgan fingerprint density at radius 1 is 1.08 bits per heavy atom. The van der Waals surface area contributed by atoms with Gasteiger partial charge in [-0.25, -0.2) is 4.98 Å². The van der Waals surface area contributed by atoms with E-state index in [1.54, 1.807) is 11.3 Å². The van der Waals surface area contributed by atoms with Crippen molar-refractivity contribution in [1.29, 1.82) is 0 Å². The quantitative estimate of drug-likeness (QED) is 0.825. The minimum Gasteiger partial charge on any atom is -0.342 e. The molecule has 1 atom stereocenters. The maximum Gasteiger partial charge on any atom is 0.226 e. The fraction of sp³-hybridized carbons (Fsp3) is 0.789. The Hall–Kier alpha value is -0.980. The van der Waals surface area contributed by atoms with Crippen LogP contribution in [0.15, 0.2) is 11.6 Å². The smallest absolute Gasteiger partial charge is 0.226 e. The zero-order valence-corrected chi connectivity index (χ0v) is 15.9. The molecule has 1 unspecified atom stereocenters. The highest BCUT2D eigenvalue weighted by Gasteiger charge is 2.34. The molecule has 0 spiro atoms. The van der Waals surface area contributed by atoms with Gasteiger partial charge in [-0.1, -0.05) is 0 Å². The second-order valence-corrected chi connectivity index (χ2v) is 8.78. The third kappa shape index (κ3) is 4.23. The molecule has 4 rings (SSSR count). The highest BCUT2D eigenvalue weighted by molar-refractivity contribution is 7.09. The lowest BCUT2D eigenvalue weighted by Gasteiger charge is -2.42. The monoisotopic (exact) mass is 362 g/mol. The van der Waals surface area contributed by atoms with E-state index in [2.05, 4.69) is 25.1 Å². The number of nitrogens with zero attached hydrogens (tertiary/aromatic N) is 4. The van der Waals surface area contributed by atoms with Crippen LogP contribution in [0.25, 0.3) is 0 Å². The summed E-state index contributed by atoms with van der Waals surface area (Å²) in [6, 6.07) is 0.668. The lowest BCUT2D eigenvalue weighted by Crippen LogP contribution is -2.51. The van der Waals surface area contributed by atoms with Crippen molar-refractivity contribution < 1.29 is 4.79 Å². The van der Waals surface area contributed by atoms with Gasteiger partial charge >= 0.3 is 0 Å². The van der Waals surface area contributed by atoms with E-state index in [0.29, 0.717) is 11.9 Å². The SMILES string of the molecule is O=C(C1CCCN(C2CCN(Cc3nccs3)CC2)C1)N1CCCC1. The van der Waals surface area contributed by atoms with E-state index >= 15 is 0 Å². The summed E-state index contributed by atoms with van der Waals surface area (Å²) in [5, 5.41) is 3.29. The molecule has 0 N–H and O–H groups in total. The molecule has 1 amide bonds. The summed E-state index contributed by atoms with van der Waals surface area (Å²) in [7, 11) is 0. The maximum atomic E-state index is 12.7. The Balaban J connectivity index is 1.26. The van der Waals surface area contributed by atoms with Gasteiger partial charge in [0.25, 0.3) is 0 Å². The highest BCUT2D eigenvalue weighted by atomic mass is 32.1. The van der Waals surface area contributed by atoms with Gasteiger partial charge in [-0.05, 0) is 45.1 Å². The van der Waals surface area contributed by atoms with Gasteiger partial charge in [0.1, 0.15) is 5.01 Å². The number of thiazole rings is 1. The Bertz CT molecular complexity index is 550. The number of piperidine rings is 2. The molecule has 25 heavy (non-hydrogen) atoms. The van der Waals surface area contributed by atoms with E-state index in [9.17, 15) is 4.79 Å². The first-order chi connectivity index (χ1) is 12.3. The van der Waals surface area contributed by atoms with Gasteiger partial charge in [0.2, 0.25) is 5.91 Å². The van der Waals surface area contributed by atoms with Gasteiger partial charge in [0, 0.05) is 50.3 Å². The number of hydrogen-bond donors (Lipinski definition) is 0. The zero-order valence-electron chi connectivity index (χ0n) is 15.1. The van der Waals surface area contributed by atoms with Crippen molar-refractivity contribution in [3.8, 4) is 0 Å². The molecule has 1 aromatic heterocycles. The molecular weight excluding hydrogens is 332 g/mol. The highest BCUT2D eigenvalue weighted by Crippen LogP contribution is 2.26. The first kappa shape index (κ1) is 17.4. The Kier molecular flexibility index (Phi) is 5.68. The first-order valence-corrected chi connectivity index (χ1v) is 10.8. The standard InChI is InChI=1S/C19H30N4OS/c24-19(22-8-1-2-9-22)16-4-3-10-23(14-16)17-5-11-21(12-6-17)15-18-20-7-13-25-18/h7,13,16-17H,1-6,8-12,14-15H2. The van der Waals surface area contributed by atoms with Gasteiger partial charge in [-0.3, -0.25) is 14.6 Å². The zero-order chi connectivity index (χ0) is 17.1. The topological polar surface area (TPSA) is 39.7 Å². The van der Waals surface area contributed by atoms with Crippen LogP contribution >= 0.6 is 11.3 Å². The normalized spacial score (nSPS) is 27.0. The van der Waals surface area contributed by atoms with E-state index in [-0.39, 0.29) is 5.92 Å². The fourth-order valence-corrected chi connectivity index (χ4v) is 5.36.